The number of aryl methyl sites for hydroxylation is 1. The van der Waals surface area contributed by atoms with Gasteiger partial charge in [-0.05, 0) is 24.8 Å². The number of carbonyl (C=O) groups is 1. The summed E-state index contributed by atoms with van der Waals surface area (Å²) in [4.78, 5) is 18.7. The predicted molar refractivity (Wildman–Crippen MR) is 83.3 cm³/mol. The monoisotopic (exact) mass is 318 g/mol. The predicted octanol–water partition coefficient (Wildman–Crippen LogP) is 1.85. The molecule has 3 rings (SSSR count). The Morgan fingerprint density at radius 3 is 3.13 bits per heavy atom. The number of aromatic nitrogens is 2. The average Bonchev–Trinajstić information content (AvgIpc) is 3.23. The zero-order valence-electron chi connectivity index (χ0n) is 13.3. The lowest BCUT2D eigenvalue weighted by Gasteiger charge is -2.39. The van der Waals surface area contributed by atoms with Gasteiger partial charge in [-0.3, -0.25) is 4.79 Å². The van der Waals surface area contributed by atoms with Crippen molar-refractivity contribution >= 4 is 5.91 Å². The van der Waals surface area contributed by atoms with Crippen LogP contribution in [0, 0.1) is 5.92 Å². The second-order valence-corrected chi connectivity index (χ2v) is 6.03. The molecule has 1 amide bonds. The van der Waals surface area contributed by atoms with E-state index in [1.54, 1.807) is 18.6 Å². The molecule has 0 aromatic carbocycles. The summed E-state index contributed by atoms with van der Waals surface area (Å²) in [6.45, 7) is 3.46. The Morgan fingerprint density at radius 2 is 2.39 bits per heavy atom. The van der Waals surface area contributed by atoms with Gasteiger partial charge in [-0.15, -0.1) is 0 Å². The number of nitrogens with zero attached hydrogens (tertiary/aromatic N) is 3. The fourth-order valence-corrected chi connectivity index (χ4v) is 3.14. The highest BCUT2D eigenvalue weighted by Crippen LogP contribution is 2.23. The van der Waals surface area contributed by atoms with Gasteiger partial charge < -0.3 is 19.6 Å². The van der Waals surface area contributed by atoms with Crippen molar-refractivity contribution in [1.29, 1.82) is 0 Å². The maximum absolute atomic E-state index is 12.5. The molecule has 0 radical (unpaired) electrons. The summed E-state index contributed by atoms with van der Waals surface area (Å²) in [6, 6.07) is 1.90. The summed E-state index contributed by atoms with van der Waals surface area (Å²) >= 11 is 0. The van der Waals surface area contributed by atoms with E-state index in [0.717, 1.165) is 24.9 Å². The molecule has 1 aliphatic heterocycles. The van der Waals surface area contributed by atoms with Crippen molar-refractivity contribution in [2.24, 2.45) is 11.7 Å². The van der Waals surface area contributed by atoms with Crippen LogP contribution in [0.2, 0.25) is 0 Å². The topological polar surface area (TPSA) is 98.4 Å². The Labute approximate surface area is 134 Å². The number of furan rings is 1. The molecule has 7 heteroatoms. The van der Waals surface area contributed by atoms with Crippen LogP contribution in [0.3, 0.4) is 0 Å². The molecular formula is C16H22N4O3. The van der Waals surface area contributed by atoms with Crippen LogP contribution in [0.1, 0.15) is 32.1 Å². The fraction of sp³-hybridized carbons (Fsp3) is 0.562. The largest absolute Gasteiger partial charge is 0.472 e. The van der Waals surface area contributed by atoms with Gasteiger partial charge in [0, 0.05) is 32.0 Å². The summed E-state index contributed by atoms with van der Waals surface area (Å²) in [5.41, 5.74) is 6.61. The van der Waals surface area contributed by atoms with Gasteiger partial charge in [0.25, 0.3) is 0 Å². The third-order valence-corrected chi connectivity index (χ3v) is 4.48. The van der Waals surface area contributed by atoms with Crippen molar-refractivity contribution < 1.29 is 13.7 Å². The molecule has 0 aliphatic carbocycles. The summed E-state index contributed by atoms with van der Waals surface area (Å²) < 4.78 is 10.2. The molecule has 7 nitrogen and oxygen atoms in total. The van der Waals surface area contributed by atoms with Crippen LogP contribution in [0.5, 0.6) is 0 Å². The molecule has 2 atom stereocenters. The van der Waals surface area contributed by atoms with Crippen molar-refractivity contribution in [3.8, 4) is 11.4 Å². The van der Waals surface area contributed by atoms with E-state index in [0.29, 0.717) is 37.0 Å². The minimum atomic E-state index is 0.107. The second-order valence-electron chi connectivity index (χ2n) is 6.03. The molecule has 0 saturated carbocycles. The molecular weight excluding hydrogens is 296 g/mol. The molecule has 1 saturated heterocycles. The quantitative estimate of drug-likeness (QED) is 0.903. The van der Waals surface area contributed by atoms with Crippen molar-refractivity contribution in [2.75, 3.05) is 13.1 Å². The number of carbonyl (C=O) groups excluding carboxylic acids is 1. The number of amides is 1. The molecule has 0 spiro atoms. The van der Waals surface area contributed by atoms with E-state index in [2.05, 4.69) is 17.1 Å². The first-order valence-electron chi connectivity index (χ1n) is 8.03. The Balaban J connectivity index is 1.58. The number of hydrogen-bond donors (Lipinski definition) is 1. The van der Waals surface area contributed by atoms with E-state index >= 15 is 0 Å². The first-order chi connectivity index (χ1) is 11.2. The SMILES string of the molecule is C[C@@H]1CCCN(C(=O)CCc2nc(-c3ccoc3)no2)[C@@H]1CN. The Morgan fingerprint density at radius 1 is 1.52 bits per heavy atom. The van der Waals surface area contributed by atoms with Crippen molar-refractivity contribution in [2.45, 2.75) is 38.6 Å². The van der Waals surface area contributed by atoms with Crippen LogP contribution in [0.15, 0.2) is 27.5 Å². The summed E-state index contributed by atoms with van der Waals surface area (Å²) in [5, 5.41) is 3.90. The van der Waals surface area contributed by atoms with Crippen LogP contribution in [-0.2, 0) is 11.2 Å². The first-order valence-corrected chi connectivity index (χ1v) is 8.03. The maximum atomic E-state index is 12.5. The van der Waals surface area contributed by atoms with Crippen molar-refractivity contribution in [3.05, 3.63) is 24.5 Å². The molecule has 124 valence electrons. The van der Waals surface area contributed by atoms with E-state index in [9.17, 15) is 4.79 Å². The Bertz CT molecular complexity index is 638. The molecule has 2 aromatic rings. The third-order valence-electron chi connectivity index (χ3n) is 4.48. The molecule has 0 unspecified atom stereocenters. The lowest BCUT2D eigenvalue weighted by molar-refractivity contribution is -0.136. The molecule has 1 fully saturated rings. The Hall–Kier alpha value is -2.15. The van der Waals surface area contributed by atoms with E-state index in [1.807, 2.05) is 4.90 Å². The number of nitrogens with two attached hydrogens (primary N) is 1. The average molecular weight is 318 g/mol. The summed E-state index contributed by atoms with van der Waals surface area (Å²) in [7, 11) is 0. The number of hydrogen-bond acceptors (Lipinski definition) is 6. The van der Waals surface area contributed by atoms with E-state index in [-0.39, 0.29) is 11.9 Å². The second kappa shape index (κ2) is 6.95. The summed E-state index contributed by atoms with van der Waals surface area (Å²) in [5.74, 6) is 1.50. The van der Waals surface area contributed by atoms with E-state index in [4.69, 9.17) is 14.7 Å². The highest BCUT2D eigenvalue weighted by Gasteiger charge is 2.30. The maximum Gasteiger partial charge on any atom is 0.227 e. The van der Waals surface area contributed by atoms with Crippen LogP contribution in [0.4, 0.5) is 0 Å². The van der Waals surface area contributed by atoms with Crippen molar-refractivity contribution in [3.63, 3.8) is 0 Å². The molecule has 0 bridgehead atoms. The van der Waals surface area contributed by atoms with E-state index in [1.165, 1.54) is 0 Å². The number of rotatable bonds is 5. The van der Waals surface area contributed by atoms with Gasteiger partial charge in [0.1, 0.15) is 6.26 Å². The van der Waals surface area contributed by atoms with Crippen molar-refractivity contribution in [1.82, 2.24) is 15.0 Å². The molecule has 2 N–H and O–H groups in total. The van der Waals surface area contributed by atoms with E-state index < -0.39 is 0 Å². The standard InChI is InChI=1S/C16H22N4O3/c1-11-3-2-7-20(13(11)9-17)15(21)5-4-14-18-16(19-23-14)12-6-8-22-10-12/h6,8,10-11,13H,2-5,7,9,17H2,1H3/t11-,13-/m1/s1. The smallest absolute Gasteiger partial charge is 0.227 e. The van der Waals surface area contributed by atoms with Crippen LogP contribution >= 0.6 is 0 Å². The van der Waals surface area contributed by atoms with Gasteiger partial charge in [0.2, 0.25) is 17.6 Å². The van der Waals surface area contributed by atoms with Crippen LogP contribution < -0.4 is 5.73 Å². The van der Waals surface area contributed by atoms with Gasteiger partial charge in [-0.1, -0.05) is 12.1 Å². The minimum absolute atomic E-state index is 0.107. The van der Waals surface area contributed by atoms with Gasteiger partial charge in [0.05, 0.1) is 11.8 Å². The highest BCUT2D eigenvalue weighted by atomic mass is 16.5. The zero-order valence-corrected chi connectivity index (χ0v) is 13.3. The number of piperidine rings is 1. The molecule has 3 heterocycles. The van der Waals surface area contributed by atoms with Gasteiger partial charge in [0.15, 0.2) is 0 Å². The molecule has 1 aliphatic rings. The van der Waals surface area contributed by atoms with Gasteiger partial charge >= 0.3 is 0 Å². The highest BCUT2D eigenvalue weighted by molar-refractivity contribution is 5.76. The fourth-order valence-electron chi connectivity index (χ4n) is 3.14. The normalized spacial score (nSPS) is 21.6. The minimum Gasteiger partial charge on any atom is -0.472 e. The van der Waals surface area contributed by atoms with Gasteiger partial charge in [-0.2, -0.15) is 4.98 Å². The Kier molecular flexibility index (Phi) is 4.76. The molecule has 23 heavy (non-hydrogen) atoms. The first kappa shape index (κ1) is 15.7. The third kappa shape index (κ3) is 3.44. The van der Waals surface area contributed by atoms with Crippen LogP contribution in [-0.4, -0.2) is 40.1 Å². The number of likely N-dealkylation sites (tertiary alicyclic amines) is 1. The lowest BCUT2D eigenvalue weighted by atomic mass is 9.90. The van der Waals surface area contributed by atoms with Crippen LogP contribution in [0.25, 0.3) is 11.4 Å². The molecule has 2 aromatic heterocycles. The lowest BCUT2D eigenvalue weighted by Crippen LogP contribution is -2.51. The zero-order chi connectivity index (χ0) is 16.2. The summed E-state index contributed by atoms with van der Waals surface area (Å²) in [6.07, 6.45) is 6.07. The van der Waals surface area contributed by atoms with Gasteiger partial charge in [-0.25, -0.2) is 0 Å².